The van der Waals surface area contributed by atoms with Crippen LogP contribution >= 0.6 is 0 Å². The smallest absolute Gasteiger partial charge is 0.338 e. The van der Waals surface area contributed by atoms with Gasteiger partial charge in [0.1, 0.15) is 0 Å². The Morgan fingerprint density at radius 2 is 2.33 bits per heavy atom. The molecule has 1 heterocycles. The van der Waals surface area contributed by atoms with Crippen molar-refractivity contribution in [2.24, 2.45) is 4.99 Å². The Morgan fingerprint density at radius 3 is 3.00 bits per heavy atom. The Morgan fingerprint density at radius 1 is 1.53 bits per heavy atom. The highest BCUT2D eigenvalue weighted by atomic mass is 16.4. The van der Waals surface area contributed by atoms with Crippen LogP contribution < -0.4 is 0 Å². The molecule has 2 aromatic rings. The van der Waals surface area contributed by atoms with E-state index in [0.29, 0.717) is 11.0 Å². The van der Waals surface area contributed by atoms with Crippen molar-refractivity contribution in [1.82, 2.24) is 9.97 Å². The fourth-order valence-electron chi connectivity index (χ4n) is 1.28. The van der Waals surface area contributed by atoms with Crippen LogP contribution in [0.4, 0.5) is 5.69 Å². The van der Waals surface area contributed by atoms with E-state index in [2.05, 4.69) is 15.0 Å². The van der Waals surface area contributed by atoms with Gasteiger partial charge in [0.05, 0.1) is 28.6 Å². The Bertz CT molecular complexity index is 545. The number of imidazole rings is 1. The van der Waals surface area contributed by atoms with Crippen LogP contribution in [0.5, 0.6) is 0 Å². The number of fused-ring (bicyclic) bond motifs is 1. The molecule has 1 aromatic heterocycles. The molecule has 6 heteroatoms. The van der Waals surface area contributed by atoms with Crippen LogP contribution in [0, 0.1) is 0 Å². The molecule has 0 aliphatic carbocycles. The quantitative estimate of drug-likeness (QED) is 0.566. The average molecular weight is 203 g/mol. The molecule has 2 rings (SSSR count). The van der Waals surface area contributed by atoms with Crippen molar-refractivity contribution < 1.29 is 14.7 Å². The first-order valence-corrected chi connectivity index (χ1v) is 4.00. The highest BCUT2D eigenvalue weighted by molar-refractivity contribution is 5.98. The van der Waals surface area contributed by atoms with Gasteiger partial charge in [-0.1, -0.05) is 0 Å². The molecule has 6 nitrogen and oxygen atoms in total. The maximum absolute atomic E-state index is 10.8. The number of hydrogen-bond acceptors (Lipinski definition) is 4. The van der Waals surface area contributed by atoms with Crippen molar-refractivity contribution in [3.8, 4) is 0 Å². The van der Waals surface area contributed by atoms with Gasteiger partial charge in [0.2, 0.25) is 6.08 Å². The van der Waals surface area contributed by atoms with Crippen molar-refractivity contribution in [3.63, 3.8) is 0 Å². The monoisotopic (exact) mass is 203 g/mol. The normalized spacial score (nSPS) is 9.87. The van der Waals surface area contributed by atoms with Gasteiger partial charge in [0, 0.05) is 0 Å². The fourth-order valence-corrected chi connectivity index (χ4v) is 1.28. The molecule has 0 radical (unpaired) electrons. The number of nitrogens with zero attached hydrogens (tertiary/aromatic N) is 2. The number of carbonyl (C=O) groups is 1. The van der Waals surface area contributed by atoms with E-state index in [9.17, 15) is 9.59 Å². The summed E-state index contributed by atoms with van der Waals surface area (Å²) < 4.78 is 0. The Hall–Kier alpha value is -2.46. The molecule has 0 amide bonds. The summed E-state index contributed by atoms with van der Waals surface area (Å²) in [6.07, 6.45) is 2.75. The Balaban J connectivity index is 2.78. The van der Waals surface area contributed by atoms with Gasteiger partial charge in [-0.15, -0.1) is 0 Å². The maximum Gasteiger partial charge on any atom is 0.338 e. The highest BCUT2D eigenvalue weighted by Gasteiger charge is 2.12. The number of hydrogen-bond donors (Lipinski definition) is 2. The van der Waals surface area contributed by atoms with E-state index >= 15 is 0 Å². The van der Waals surface area contributed by atoms with E-state index in [1.807, 2.05) is 0 Å². The standard InChI is InChI=1S/C9H5N3O3/c13-4-12-6-2-8-7(10-3-11-8)1-5(6)9(14)15/h1-3H,(H,10,11)(H,14,15). The van der Waals surface area contributed by atoms with Gasteiger partial charge in [-0.2, -0.15) is 4.99 Å². The minimum Gasteiger partial charge on any atom is -0.478 e. The molecule has 0 atom stereocenters. The van der Waals surface area contributed by atoms with E-state index in [0.717, 1.165) is 0 Å². The van der Waals surface area contributed by atoms with Crippen LogP contribution in [0.15, 0.2) is 23.5 Å². The lowest BCUT2D eigenvalue weighted by atomic mass is 10.1. The number of rotatable bonds is 2. The number of aromatic nitrogens is 2. The molecule has 2 N–H and O–H groups in total. The third-order valence-corrected chi connectivity index (χ3v) is 1.93. The molecule has 0 unspecified atom stereocenters. The number of nitrogens with one attached hydrogen (secondary N) is 1. The average Bonchev–Trinajstić information content (AvgIpc) is 2.63. The van der Waals surface area contributed by atoms with Gasteiger partial charge in [-0.05, 0) is 12.1 Å². The second-order valence-corrected chi connectivity index (χ2v) is 2.80. The lowest BCUT2D eigenvalue weighted by molar-refractivity contribution is 0.0698. The number of carboxylic acid groups (broad SMARTS) is 1. The molecule has 0 spiro atoms. The summed E-state index contributed by atoms with van der Waals surface area (Å²) in [6, 6.07) is 2.79. The van der Waals surface area contributed by atoms with E-state index < -0.39 is 5.97 Å². The number of aromatic carboxylic acids is 1. The molecule has 0 saturated heterocycles. The molecule has 0 aliphatic heterocycles. The molecule has 0 saturated carbocycles. The van der Waals surface area contributed by atoms with Crippen molar-refractivity contribution in [2.45, 2.75) is 0 Å². The van der Waals surface area contributed by atoms with Gasteiger partial charge >= 0.3 is 5.97 Å². The van der Waals surface area contributed by atoms with Crippen LogP contribution in [0.1, 0.15) is 10.4 Å². The van der Waals surface area contributed by atoms with Gasteiger partial charge in [-0.25, -0.2) is 14.6 Å². The summed E-state index contributed by atoms with van der Waals surface area (Å²) in [5.41, 5.74) is 1.12. The first-order chi connectivity index (χ1) is 7.22. The molecular formula is C9H5N3O3. The topological polar surface area (TPSA) is 95.4 Å². The Kier molecular flexibility index (Phi) is 2.04. The summed E-state index contributed by atoms with van der Waals surface area (Å²) in [4.78, 5) is 31.0. The zero-order chi connectivity index (χ0) is 10.8. The maximum atomic E-state index is 10.8. The number of benzene rings is 1. The number of H-pyrrole nitrogens is 1. The van der Waals surface area contributed by atoms with Crippen LogP contribution in [0.25, 0.3) is 11.0 Å². The molecule has 0 bridgehead atoms. The fraction of sp³-hybridized carbons (Fsp3) is 0. The van der Waals surface area contributed by atoms with Crippen molar-refractivity contribution in [2.75, 3.05) is 0 Å². The predicted molar refractivity (Wildman–Crippen MR) is 50.8 cm³/mol. The number of isocyanates is 1. The van der Waals surface area contributed by atoms with Crippen molar-refractivity contribution in [1.29, 1.82) is 0 Å². The highest BCUT2D eigenvalue weighted by Crippen LogP contribution is 2.24. The molecule has 74 valence electrons. The SMILES string of the molecule is O=C=Nc1cc2[nH]cnc2cc1C(=O)O. The van der Waals surface area contributed by atoms with E-state index in [1.165, 1.54) is 24.5 Å². The third kappa shape index (κ3) is 1.49. The lowest BCUT2D eigenvalue weighted by Crippen LogP contribution is -1.96. The number of aromatic amines is 1. The van der Waals surface area contributed by atoms with E-state index in [4.69, 9.17) is 5.11 Å². The van der Waals surface area contributed by atoms with Gasteiger partial charge in [0.15, 0.2) is 0 Å². The minimum absolute atomic E-state index is 0.0641. The van der Waals surface area contributed by atoms with Crippen LogP contribution in [0.3, 0.4) is 0 Å². The second-order valence-electron chi connectivity index (χ2n) is 2.80. The number of aliphatic imine (C=N–C) groups is 1. The van der Waals surface area contributed by atoms with E-state index in [-0.39, 0.29) is 11.3 Å². The number of carboxylic acids is 1. The third-order valence-electron chi connectivity index (χ3n) is 1.93. The lowest BCUT2D eigenvalue weighted by Gasteiger charge is -1.98. The molecule has 0 fully saturated rings. The second kappa shape index (κ2) is 3.36. The summed E-state index contributed by atoms with van der Waals surface area (Å²) in [7, 11) is 0. The zero-order valence-electron chi connectivity index (χ0n) is 7.39. The number of carbonyl (C=O) groups excluding carboxylic acids is 1. The first-order valence-electron chi connectivity index (χ1n) is 4.00. The van der Waals surface area contributed by atoms with Crippen molar-refractivity contribution in [3.05, 3.63) is 24.0 Å². The van der Waals surface area contributed by atoms with E-state index in [1.54, 1.807) is 0 Å². The summed E-state index contributed by atoms with van der Waals surface area (Å²) in [5.74, 6) is -1.16. The Labute approximate surface area is 83.3 Å². The molecule has 1 aromatic carbocycles. The summed E-state index contributed by atoms with van der Waals surface area (Å²) >= 11 is 0. The molecular weight excluding hydrogens is 198 g/mol. The first kappa shape index (κ1) is 9.11. The van der Waals surface area contributed by atoms with Crippen LogP contribution in [-0.2, 0) is 4.79 Å². The minimum atomic E-state index is -1.16. The predicted octanol–water partition coefficient (Wildman–Crippen LogP) is 1.23. The van der Waals surface area contributed by atoms with Gasteiger partial charge in [0.25, 0.3) is 0 Å². The zero-order valence-corrected chi connectivity index (χ0v) is 7.39. The molecule has 0 aliphatic rings. The van der Waals surface area contributed by atoms with Crippen molar-refractivity contribution >= 4 is 28.8 Å². The van der Waals surface area contributed by atoms with Crippen LogP contribution in [0.2, 0.25) is 0 Å². The summed E-state index contributed by atoms with van der Waals surface area (Å²) in [5, 5.41) is 8.86. The summed E-state index contributed by atoms with van der Waals surface area (Å²) in [6.45, 7) is 0. The molecule has 15 heavy (non-hydrogen) atoms. The van der Waals surface area contributed by atoms with Gasteiger partial charge in [-0.3, -0.25) is 0 Å². The largest absolute Gasteiger partial charge is 0.478 e. The van der Waals surface area contributed by atoms with Gasteiger partial charge < -0.3 is 10.1 Å². The van der Waals surface area contributed by atoms with Crippen LogP contribution in [-0.4, -0.2) is 27.1 Å².